The largest absolute Gasteiger partial charge is 0.488 e. The van der Waals surface area contributed by atoms with Crippen molar-refractivity contribution in [1.29, 1.82) is 0 Å². The number of hydrogen-bond acceptors (Lipinski definition) is 3. The fraction of sp³-hybridized carbons (Fsp3) is 0.429. The minimum absolute atomic E-state index is 0.0407. The molecule has 5 rings (SSSR count). The monoisotopic (exact) mass is 483 g/mol. The average molecular weight is 484 g/mol. The van der Waals surface area contributed by atoms with Gasteiger partial charge in [-0.15, -0.1) is 6.58 Å². The molecule has 1 N–H and O–H groups in total. The van der Waals surface area contributed by atoms with Gasteiger partial charge in [0.25, 0.3) is 0 Å². The summed E-state index contributed by atoms with van der Waals surface area (Å²) in [6, 6.07) is 10.2. The van der Waals surface area contributed by atoms with E-state index in [2.05, 4.69) is 34.4 Å². The van der Waals surface area contributed by atoms with E-state index in [1.165, 1.54) is 12.1 Å². The van der Waals surface area contributed by atoms with Crippen LogP contribution in [-0.2, 0) is 6.42 Å². The summed E-state index contributed by atoms with van der Waals surface area (Å²) in [5.41, 5.74) is 2.99. The van der Waals surface area contributed by atoms with E-state index < -0.39 is 17.7 Å². The van der Waals surface area contributed by atoms with Crippen LogP contribution in [0.15, 0.2) is 49.1 Å². The molecule has 35 heavy (non-hydrogen) atoms. The SMILES string of the molecule is C=CCCN1[C@H](c2c(F)cc(OC3CN(CCCF)C3)cc2F)c2[nH]c3ccccc3c2C[C@H]1C. The van der Waals surface area contributed by atoms with Gasteiger partial charge in [0, 0.05) is 66.5 Å². The molecule has 0 amide bonds. The molecule has 0 radical (unpaired) electrons. The number of nitrogens with one attached hydrogen (secondary N) is 1. The molecule has 2 aliphatic rings. The molecular formula is C28H32F3N3O. The van der Waals surface area contributed by atoms with Gasteiger partial charge in [-0.3, -0.25) is 14.2 Å². The Balaban J connectivity index is 1.47. The lowest BCUT2D eigenvalue weighted by molar-refractivity contribution is 0.0180. The molecule has 186 valence electrons. The van der Waals surface area contributed by atoms with Crippen molar-refractivity contribution in [2.75, 3.05) is 32.9 Å². The number of halogens is 3. The lowest BCUT2D eigenvalue weighted by atomic mass is 9.88. The van der Waals surface area contributed by atoms with Crippen molar-refractivity contribution in [3.8, 4) is 5.75 Å². The van der Waals surface area contributed by atoms with Gasteiger partial charge in [0.1, 0.15) is 23.5 Å². The molecule has 1 saturated heterocycles. The van der Waals surface area contributed by atoms with Gasteiger partial charge in [-0.25, -0.2) is 8.78 Å². The molecule has 2 atom stereocenters. The quantitative estimate of drug-likeness (QED) is 0.392. The summed E-state index contributed by atoms with van der Waals surface area (Å²) in [5.74, 6) is -1.03. The van der Waals surface area contributed by atoms with Crippen molar-refractivity contribution in [2.45, 2.75) is 44.4 Å². The fourth-order valence-electron chi connectivity index (χ4n) is 5.55. The second-order valence-corrected chi connectivity index (χ2v) is 9.68. The first-order chi connectivity index (χ1) is 17.0. The Labute approximate surface area is 204 Å². The third-order valence-electron chi connectivity index (χ3n) is 7.27. The first-order valence-electron chi connectivity index (χ1n) is 12.4. The summed E-state index contributed by atoms with van der Waals surface area (Å²) >= 11 is 0. The van der Waals surface area contributed by atoms with E-state index in [0.717, 1.165) is 35.0 Å². The lowest BCUT2D eigenvalue weighted by Crippen LogP contribution is -2.53. The molecule has 7 heteroatoms. The predicted molar refractivity (Wildman–Crippen MR) is 133 cm³/mol. The standard InChI is InChI=1S/C28H32F3N3O/c1-3-4-12-34-18(2)13-22-21-8-5-6-9-25(21)32-27(22)28(34)26-23(30)14-19(15-24(26)31)35-20-16-33(17-20)11-7-10-29/h3,5-6,8-9,14-15,18,20,28,32H,1,4,7,10-13,16-17H2,2H3/t18-,28-/m1/s1. The van der Waals surface area contributed by atoms with Gasteiger partial charge in [-0.2, -0.15) is 0 Å². The Hall–Kier alpha value is -2.77. The highest BCUT2D eigenvalue weighted by molar-refractivity contribution is 5.85. The molecule has 2 aliphatic heterocycles. The Morgan fingerprint density at radius 1 is 1.14 bits per heavy atom. The highest BCUT2D eigenvalue weighted by Crippen LogP contribution is 2.43. The van der Waals surface area contributed by atoms with E-state index in [-0.39, 0.29) is 30.1 Å². The molecule has 1 aromatic heterocycles. The summed E-state index contributed by atoms with van der Waals surface area (Å²) in [7, 11) is 0. The van der Waals surface area contributed by atoms with Crippen LogP contribution in [0.1, 0.15) is 42.6 Å². The van der Waals surface area contributed by atoms with Crippen LogP contribution in [0, 0.1) is 11.6 Å². The maximum Gasteiger partial charge on any atom is 0.135 e. The van der Waals surface area contributed by atoms with Crippen LogP contribution in [0.5, 0.6) is 5.75 Å². The third kappa shape index (κ3) is 4.59. The number of aromatic amines is 1. The minimum Gasteiger partial charge on any atom is -0.488 e. The van der Waals surface area contributed by atoms with Crippen LogP contribution in [0.25, 0.3) is 10.9 Å². The number of H-pyrrole nitrogens is 1. The number of para-hydroxylation sites is 1. The van der Waals surface area contributed by atoms with Crippen molar-refractivity contribution in [2.24, 2.45) is 0 Å². The Kier molecular flexibility index (Phi) is 6.89. The average Bonchev–Trinajstić information content (AvgIpc) is 3.17. The van der Waals surface area contributed by atoms with Crippen molar-refractivity contribution >= 4 is 10.9 Å². The van der Waals surface area contributed by atoms with Crippen molar-refractivity contribution < 1.29 is 17.9 Å². The molecule has 0 saturated carbocycles. The smallest absolute Gasteiger partial charge is 0.135 e. The summed E-state index contributed by atoms with van der Waals surface area (Å²) in [6.45, 7) is 8.20. The van der Waals surface area contributed by atoms with Crippen LogP contribution in [0.3, 0.4) is 0 Å². The van der Waals surface area contributed by atoms with Gasteiger partial charge in [0.05, 0.1) is 12.7 Å². The first-order valence-corrected chi connectivity index (χ1v) is 12.4. The van der Waals surface area contributed by atoms with Gasteiger partial charge in [-0.05, 0) is 37.8 Å². The molecule has 0 aliphatic carbocycles. The summed E-state index contributed by atoms with van der Waals surface area (Å²) in [6.07, 6.45) is 3.71. The first kappa shape index (κ1) is 23.9. The van der Waals surface area contributed by atoms with Crippen LogP contribution >= 0.6 is 0 Å². The molecule has 1 fully saturated rings. The van der Waals surface area contributed by atoms with Gasteiger partial charge in [0.2, 0.25) is 0 Å². The van der Waals surface area contributed by atoms with E-state index in [0.29, 0.717) is 32.6 Å². The van der Waals surface area contributed by atoms with E-state index in [4.69, 9.17) is 4.74 Å². The lowest BCUT2D eigenvalue weighted by Gasteiger charge is -2.41. The van der Waals surface area contributed by atoms with Crippen LogP contribution in [-0.4, -0.2) is 59.8 Å². The van der Waals surface area contributed by atoms with Crippen molar-refractivity contribution in [3.05, 3.63) is 77.5 Å². The predicted octanol–water partition coefficient (Wildman–Crippen LogP) is 5.78. The second kappa shape index (κ2) is 10.1. The topological polar surface area (TPSA) is 31.5 Å². The van der Waals surface area contributed by atoms with Gasteiger partial charge in [0.15, 0.2) is 0 Å². The number of rotatable bonds is 9. The van der Waals surface area contributed by atoms with Gasteiger partial charge >= 0.3 is 0 Å². The molecule has 3 heterocycles. The number of aromatic nitrogens is 1. The van der Waals surface area contributed by atoms with Crippen LogP contribution < -0.4 is 4.74 Å². The van der Waals surface area contributed by atoms with E-state index in [9.17, 15) is 4.39 Å². The highest BCUT2D eigenvalue weighted by atomic mass is 19.1. The van der Waals surface area contributed by atoms with Crippen molar-refractivity contribution in [3.63, 3.8) is 0 Å². The second-order valence-electron chi connectivity index (χ2n) is 9.68. The van der Waals surface area contributed by atoms with Gasteiger partial charge in [-0.1, -0.05) is 24.3 Å². The number of benzene rings is 2. The van der Waals surface area contributed by atoms with Crippen LogP contribution in [0.4, 0.5) is 13.2 Å². The maximum atomic E-state index is 15.7. The Morgan fingerprint density at radius 3 is 2.60 bits per heavy atom. The Morgan fingerprint density at radius 2 is 1.89 bits per heavy atom. The molecular weight excluding hydrogens is 451 g/mol. The normalized spacial score (nSPS) is 21.1. The van der Waals surface area contributed by atoms with Crippen LogP contribution in [0.2, 0.25) is 0 Å². The number of ether oxygens (including phenoxy) is 1. The number of fused-ring (bicyclic) bond motifs is 3. The molecule has 2 aromatic carbocycles. The van der Waals surface area contributed by atoms with Gasteiger partial charge < -0.3 is 9.72 Å². The van der Waals surface area contributed by atoms with E-state index in [1.54, 1.807) is 0 Å². The van der Waals surface area contributed by atoms with Crippen molar-refractivity contribution in [1.82, 2.24) is 14.8 Å². The number of likely N-dealkylation sites (tertiary alicyclic amines) is 1. The minimum atomic E-state index is -0.610. The van der Waals surface area contributed by atoms with E-state index >= 15 is 8.78 Å². The summed E-state index contributed by atoms with van der Waals surface area (Å²) < 4.78 is 49.5. The Bertz CT molecular complexity index is 1180. The molecule has 0 bridgehead atoms. The molecule has 0 unspecified atom stereocenters. The third-order valence-corrected chi connectivity index (χ3v) is 7.27. The zero-order valence-corrected chi connectivity index (χ0v) is 20.1. The molecule has 0 spiro atoms. The molecule has 4 nitrogen and oxygen atoms in total. The summed E-state index contributed by atoms with van der Waals surface area (Å²) in [5, 5.41) is 1.10. The zero-order chi connectivity index (χ0) is 24.5. The maximum absolute atomic E-state index is 15.7. The number of nitrogens with zero attached hydrogens (tertiary/aromatic N) is 2. The summed E-state index contributed by atoms with van der Waals surface area (Å²) in [4.78, 5) is 7.70. The highest BCUT2D eigenvalue weighted by Gasteiger charge is 2.38. The zero-order valence-electron chi connectivity index (χ0n) is 20.1. The number of alkyl halides is 1. The molecule has 3 aromatic rings. The fourth-order valence-corrected chi connectivity index (χ4v) is 5.55. The number of hydrogen-bond donors (Lipinski definition) is 1. The van der Waals surface area contributed by atoms with E-state index in [1.807, 2.05) is 24.3 Å².